The van der Waals surface area contributed by atoms with Gasteiger partial charge in [-0.05, 0) is 55.8 Å². The third kappa shape index (κ3) is 5.25. The fraction of sp³-hybridized carbons (Fsp3) is 0.0952. The molecule has 0 saturated carbocycles. The van der Waals surface area contributed by atoms with Crippen molar-refractivity contribution in [3.8, 4) is 0 Å². The highest BCUT2D eigenvalue weighted by Crippen LogP contribution is 2.17. The monoisotopic (exact) mass is 443 g/mol. The predicted octanol–water partition coefficient (Wildman–Crippen LogP) is 3.50. The molecule has 156 valence electrons. The van der Waals surface area contributed by atoms with Crippen LogP contribution in [0.4, 0.5) is 5.69 Å². The maximum Gasteiger partial charge on any atom is 0.276 e. The molecule has 0 aliphatic carbocycles. The van der Waals surface area contributed by atoms with Crippen molar-refractivity contribution in [2.24, 2.45) is 5.10 Å². The lowest BCUT2D eigenvalue weighted by molar-refractivity contribution is 0.584. The fourth-order valence-electron chi connectivity index (χ4n) is 2.56. The molecule has 0 bridgehead atoms. The molecule has 3 aromatic rings. The SMILES string of the molecule is C/C(=N\NS(=O)(=O)c1ccccc1)c1ccc(NS(=O)(=O)c2ccc(C)cc2)cc1. The molecule has 0 atom stereocenters. The van der Waals surface area contributed by atoms with Gasteiger partial charge in [0.2, 0.25) is 0 Å². The van der Waals surface area contributed by atoms with Crippen molar-refractivity contribution in [2.75, 3.05) is 4.72 Å². The molecule has 0 amide bonds. The molecule has 3 rings (SSSR count). The smallest absolute Gasteiger partial charge is 0.276 e. The summed E-state index contributed by atoms with van der Waals surface area (Å²) in [7, 11) is -7.45. The number of hydrogen-bond donors (Lipinski definition) is 2. The van der Waals surface area contributed by atoms with Gasteiger partial charge in [-0.2, -0.15) is 18.4 Å². The number of nitrogens with zero attached hydrogens (tertiary/aromatic N) is 1. The van der Waals surface area contributed by atoms with E-state index in [1.165, 1.54) is 12.1 Å². The van der Waals surface area contributed by atoms with Crippen molar-refractivity contribution in [1.29, 1.82) is 0 Å². The molecular weight excluding hydrogens is 422 g/mol. The number of rotatable bonds is 7. The van der Waals surface area contributed by atoms with Crippen LogP contribution >= 0.6 is 0 Å². The maximum absolute atomic E-state index is 12.5. The molecular formula is C21H21N3O4S2. The van der Waals surface area contributed by atoms with Gasteiger partial charge in [0.15, 0.2) is 0 Å². The van der Waals surface area contributed by atoms with Crippen molar-refractivity contribution in [3.05, 3.63) is 90.0 Å². The summed E-state index contributed by atoms with van der Waals surface area (Å²) < 4.78 is 51.9. The number of benzene rings is 3. The number of anilines is 1. The van der Waals surface area contributed by atoms with E-state index in [0.717, 1.165) is 5.56 Å². The largest absolute Gasteiger partial charge is 0.280 e. The third-order valence-corrected chi connectivity index (χ3v) is 6.89. The van der Waals surface area contributed by atoms with Crippen LogP contribution in [0, 0.1) is 6.92 Å². The molecule has 0 fully saturated rings. The summed E-state index contributed by atoms with van der Waals surface area (Å²) in [6.07, 6.45) is 0. The van der Waals surface area contributed by atoms with E-state index in [-0.39, 0.29) is 9.79 Å². The Hall–Kier alpha value is -3.17. The summed E-state index contributed by atoms with van der Waals surface area (Å²) in [5.74, 6) is 0. The predicted molar refractivity (Wildman–Crippen MR) is 117 cm³/mol. The summed E-state index contributed by atoms with van der Waals surface area (Å²) in [4.78, 5) is 2.49. The normalized spacial score (nSPS) is 12.4. The lowest BCUT2D eigenvalue weighted by Crippen LogP contribution is -2.19. The first-order chi connectivity index (χ1) is 14.2. The van der Waals surface area contributed by atoms with Gasteiger partial charge in [0.1, 0.15) is 0 Å². The zero-order chi connectivity index (χ0) is 21.8. The molecule has 2 N–H and O–H groups in total. The van der Waals surface area contributed by atoms with Gasteiger partial charge in [-0.25, -0.2) is 8.42 Å². The zero-order valence-electron chi connectivity index (χ0n) is 16.4. The Kier molecular flexibility index (Phi) is 6.23. The number of aryl methyl sites for hydroxylation is 1. The molecule has 0 spiro atoms. The van der Waals surface area contributed by atoms with Crippen molar-refractivity contribution in [2.45, 2.75) is 23.6 Å². The fourth-order valence-corrected chi connectivity index (χ4v) is 4.49. The molecule has 0 unspecified atom stereocenters. The Morgan fingerprint density at radius 1 is 0.733 bits per heavy atom. The Labute approximate surface area is 176 Å². The Balaban J connectivity index is 1.72. The molecule has 0 saturated heterocycles. The van der Waals surface area contributed by atoms with Crippen LogP contribution in [-0.2, 0) is 20.0 Å². The van der Waals surface area contributed by atoms with Gasteiger partial charge in [0.05, 0.1) is 15.5 Å². The molecule has 30 heavy (non-hydrogen) atoms. The van der Waals surface area contributed by atoms with E-state index in [2.05, 4.69) is 14.7 Å². The summed E-state index contributed by atoms with van der Waals surface area (Å²) in [6, 6.07) is 21.0. The van der Waals surface area contributed by atoms with Gasteiger partial charge >= 0.3 is 0 Å². The highest BCUT2D eigenvalue weighted by molar-refractivity contribution is 7.92. The molecule has 0 heterocycles. The highest BCUT2D eigenvalue weighted by atomic mass is 32.2. The molecule has 0 aliphatic heterocycles. The van der Waals surface area contributed by atoms with Crippen molar-refractivity contribution in [1.82, 2.24) is 4.83 Å². The highest BCUT2D eigenvalue weighted by Gasteiger charge is 2.14. The van der Waals surface area contributed by atoms with Gasteiger partial charge in [-0.1, -0.05) is 48.0 Å². The van der Waals surface area contributed by atoms with Crippen LogP contribution in [0.3, 0.4) is 0 Å². The van der Waals surface area contributed by atoms with Gasteiger partial charge in [0, 0.05) is 5.69 Å². The summed E-state index contributed by atoms with van der Waals surface area (Å²) in [5, 5.41) is 3.94. The molecule has 3 aromatic carbocycles. The maximum atomic E-state index is 12.5. The number of sulfonamides is 2. The minimum Gasteiger partial charge on any atom is -0.280 e. The quantitative estimate of drug-likeness (QED) is 0.431. The van der Waals surface area contributed by atoms with Gasteiger partial charge < -0.3 is 0 Å². The molecule has 0 aliphatic rings. The van der Waals surface area contributed by atoms with Crippen LogP contribution in [0.5, 0.6) is 0 Å². The molecule has 7 nitrogen and oxygen atoms in total. The lowest BCUT2D eigenvalue weighted by atomic mass is 10.1. The molecule has 0 aromatic heterocycles. The van der Waals surface area contributed by atoms with Crippen molar-refractivity contribution < 1.29 is 16.8 Å². The van der Waals surface area contributed by atoms with Crippen LogP contribution in [-0.4, -0.2) is 22.5 Å². The lowest BCUT2D eigenvalue weighted by Gasteiger charge is -2.09. The van der Waals surface area contributed by atoms with Crippen molar-refractivity contribution >= 4 is 31.4 Å². The van der Waals surface area contributed by atoms with E-state index in [4.69, 9.17) is 0 Å². The standard InChI is InChI=1S/C21H21N3O4S2/c1-16-8-14-21(15-9-16)29(25,26)23-19-12-10-18(11-13-19)17(2)22-24-30(27,28)20-6-4-3-5-7-20/h3-15,23-24H,1-2H3/b22-17+. The minimum absolute atomic E-state index is 0.113. The van der Waals surface area contributed by atoms with E-state index in [1.807, 2.05) is 6.92 Å². The van der Waals surface area contributed by atoms with Crippen LogP contribution < -0.4 is 9.55 Å². The van der Waals surface area contributed by atoms with E-state index >= 15 is 0 Å². The van der Waals surface area contributed by atoms with Crippen LogP contribution in [0.15, 0.2) is 93.8 Å². The van der Waals surface area contributed by atoms with Crippen LogP contribution in [0.25, 0.3) is 0 Å². The average molecular weight is 444 g/mol. The summed E-state index contributed by atoms with van der Waals surface area (Å²) >= 11 is 0. The van der Waals surface area contributed by atoms with Gasteiger partial charge in [-0.3, -0.25) is 4.72 Å². The second-order valence-electron chi connectivity index (χ2n) is 6.60. The van der Waals surface area contributed by atoms with Crippen LogP contribution in [0.1, 0.15) is 18.1 Å². The van der Waals surface area contributed by atoms with E-state index in [0.29, 0.717) is 17.0 Å². The summed E-state index contributed by atoms with van der Waals surface area (Å²) in [5.41, 5.74) is 2.43. The second kappa shape index (κ2) is 8.68. The van der Waals surface area contributed by atoms with Crippen LogP contribution in [0.2, 0.25) is 0 Å². The number of hydrogen-bond acceptors (Lipinski definition) is 5. The minimum atomic E-state index is -3.76. The number of hydrazone groups is 1. The average Bonchev–Trinajstić information content (AvgIpc) is 2.73. The first kappa shape index (κ1) is 21.5. The third-order valence-electron chi connectivity index (χ3n) is 4.27. The van der Waals surface area contributed by atoms with Gasteiger partial charge in [0.25, 0.3) is 20.0 Å². The first-order valence-corrected chi connectivity index (χ1v) is 12.0. The Morgan fingerprint density at radius 3 is 1.90 bits per heavy atom. The van der Waals surface area contributed by atoms with E-state index < -0.39 is 20.0 Å². The topological polar surface area (TPSA) is 105 Å². The Morgan fingerprint density at radius 2 is 1.30 bits per heavy atom. The number of nitrogens with one attached hydrogen (secondary N) is 2. The summed E-state index contributed by atoms with van der Waals surface area (Å²) in [6.45, 7) is 3.53. The molecule has 9 heteroatoms. The van der Waals surface area contributed by atoms with E-state index in [9.17, 15) is 16.8 Å². The van der Waals surface area contributed by atoms with E-state index in [1.54, 1.807) is 73.7 Å². The molecule has 0 radical (unpaired) electrons. The Bertz CT molecular complexity index is 1250. The van der Waals surface area contributed by atoms with Gasteiger partial charge in [-0.15, -0.1) is 0 Å². The second-order valence-corrected chi connectivity index (χ2v) is 9.94. The zero-order valence-corrected chi connectivity index (χ0v) is 18.0. The van der Waals surface area contributed by atoms with Crippen molar-refractivity contribution in [3.63, 3.8) is 0 Å². The first-order valence-electron chi connectivity index (χ1n) is 8.98.